The molecule has 2 rings (SSSR count). The minimum absolute atomic E-state index is 0.0721. The summed E-state index contributed by atoms with van der Waals surface area (Å²) in [6, 6.07) is 8.77. The number of sulfonamides is 1. The average molecular weight is 383 g/mol. The maximum Gasteiger partial charge on any atom is 0.247 e. The Balaban J connectivity index is 2.15. The van der Waals surface area contributed by atoms with Gasteiger partial charge in [-0.3, -0.25) is 4.79 Å². The number of rotatable bonds is 8. The number of likely N-dealkylation sites (N-methyl/N-ethyl adjacent to an activating group) is 1. The average Bonchev–Trinajstić information content (AvgIpc) is 3.11. The van der Waals surface area contributed by atoms with E-state index < -0.39 is 10.0 Å². The Bertz CT molecular complexity index is 817. The van der Waals surface area contributed by atoms with Gasteiger partial charge in [-0.15, -0.1) is 11.3 Å². The van der Waals surface area contributed by atoms with E-state index in [2.05, 4.69) is 5.32 Å². The van der Waals surface area contributed by atoms with Crippen LogP contribution >= 0.6 is 11.3 Å². The number of amides is 1. The number of hydrogen-bond acceptors (Lipinski definition) is 5. The third-order valence-electron chi connectivity index (χ3n) is 3.65. The van der Waals surface area contributed by atoms with Gasteiger partial charge in [0, 0.05) is 11.4 Å². The minimum atomic E-state index is -3.83. The Morgan fingerprint density at radius 3 is 2.68 bits per heavy atom. The molecule has 0 saturated carbocycles. The molecule has 1 aromatic carbocycles. The molecule has 136 valence electrons. The molecule has 0 bridgehead atoms. The van der Waals surface area contributed by atoms with Gasteiger partial charge in [-0.2, -0.15) is 4.31 Å². The molecule has 0 aliphatic carbocycles. The second kappa shape index (κ2) is 8.46. The number of hydrogen-bond donors (Lipinski definition) is 1. The van der Waals surface area contributed by atoms with Crippen molar-refractivity contribution in [1.82, 2.24) is 9.62 Å². The lowest BCUT2D eigenvalue weighted by Crippen LogP contribution is -2.40. The van der Waals surface area contributed by atoms with Crippen LogP contribution in [-0.2, 0) is 21.4 Å². The highest BCUT2D eigenvalue weighted by molar-refractivity contribution is 7.89. The molecule has 6 nitrogen and oxygen atoms in total. The fourth-order valence-electron chi connectivity index (χ4n) is 2.31. The minimum Gasteiger partial charge on any atom is -0.495 e. The van der Waals surface area contributed by atoms with Gasteiger partial charge in [0.1, 0.15) is 10.6 Å². The number of carbonyl (C=O) groups excluding carboxylic acids is 1. The molecule has 25 heavy (non-hydrogen) atoms. The topological polar surface area (TPSA) is 75.7 Å². The third kappa shape index (κ3) is 4.81. The number of benzene rings is 1. The number of nitrogens with zero attached hydrogens (tertiary/aromatic N) is 1. The second-order valence-corrected chi connectivity index (χ2v) is 8.38. The van der Waals surface area contributed by atoms with Crippen molar-refractivity contribution in [3.8, 4) is 5.75 Å². The lowest BCUT2D eigenvalue weighted by Gasteiger charge is -2.21. The van der Waals surface area contributed by atoms with Crippen LogP contribution in [0.5, 0.6) is 5.75 Å². The van der Waals surface area contributed by atoms with E-state index in [4.69, 9.17) is 4.74 Å². The van der Waals surface area contributed by atoms with Crippen molar-refractivity contribution in [2.45, 2.75) is 25.3 Å². The van der Waals surface area contributed by atoms with Crippen LogP contribution in [0.1, 0.15) is 17.4 Å². The molecule has 2 aromatic rings. The molecular formula is C17H22N2O4S2. The van der Waals surface area contributed by atoms with Crippen molar-refractivity contribution in [2.75, 3.05) is 20.2 Å². The summed E-state index contributed by atoms with van der Waals surface area (Å²) in [5.41, 5.74) is 0.803. The lowest BCUT2D eigenvalue weighted by molar-refractivity contribution is -0.121. The number of thiophene rings is 1. The molecule has 1 aromatic heterocycles. The van der Waals surface area contributed by atoms with Crippen LogP contribution in [0.15, 0.2) is 40.6 Å². The van der Waals surface area contributed by atoms with Gasteiger partial charge in [0.15, 0.2) is 0 Å². The van der Waals surface area contributed by atoms with E-state index in [0.717, 1.165) is 14.7 Å². The van der Waals surface area contributed by atoms with E-state index in [1.54, 1.807) is 25.1 Å². The monoisotopic (exact) mass is 382 g/mol. The third-order valence-corrected chi connectivity index (χ3v) is 6.47. The van der Waals surface area contributed by atoms with Crippen LogP contribution in [0.25, 0.3) is 0 Å². The Hall–Kier alpha value is -1.90. The maximum atomic E-state index is 12.9. The summed E-state index contributed by atoms with van der Waals surface area (Å²) in [5.74, 6) is -0.0755. The van der Waals surface area contributed by atoms with Crippen LogP contribution in [-0.4, -0.2) is 38.8 Å². The molecule has 0 aliphatic rings. The summed E-state index contributed by atoms with van der Waals surface area (Å²) < 4.78 is 32.2. The molecule has 1 heterocycles. The van der Waals surface area contributed by atoms with E-state index >= 15 is 0 Å². The molecule has 0 radical (unpaired) electrons. The molecular weight excluding hydrogens is 360 g/mol. The lowest BCUT2D eigenvalue weighted by atomic mass is 10.2. The summed E-state index contributed by atoms with van der Waals surface area (Å²) in [7, 11) is -2.41. The van der Waals surface area contributed by atoms with Crippen LogP contribution in [0, 0.1) is 6.92 Å². The zero-order valence-corrected chi connectivity index (χ0v) is 16.1. The number of carbonyl (C=O) groups is 1. The first-order valence-electron chi connectivity index (χ1n) is 7.82. The smallest absolute Gasteiger partial charge is 0.247 e. The van der Waals surface area contributed by atoms with Crippen molar-refractivity contribution in [3.63, 3.8) is 0 Å². The van der Waals surface area contributed by atoms with Crippen molar-refractivity contribution < 1.29 is 17.9 Å². The quantitative estimate of drug-likeness (QED) is 0.761. The Morgan fingerprint density at radius 2 is 2.08 bits per heavy atom. The molecule has 8 heteroatoms. The van der Waals surface area contributed by atoms with Gasteiger partial charge in [-0.05, 0) is 36.1 Å². The number of nitrogens with one attached hydrogen (secondary N) is 1. The summed E-state index contributed by atoms with van der Waals surface area (Å²) in [6.45, 7) is 3.85. The zero-order valence-electron chi connectivity index (χ0n) is 14.5. The predicted molar refractivity (Wildman–Crippen MR) is 98.3 cm³/mol. The first-order valence-corrected chi connectivity index (χ1v) is 10.1. The van der Waals surface area contributed by atoms with Crippen LogP contribution in [0.2, 0.25) is 0 Å². The highest BCUT2D eigenvalue weighted by Gasteiger charge is 2.28. The van der Waals surface area contributed by atoms with E-state index in [9.17, 15) is 13.2 Å². The van der Waals surface area contributed by atoms with Crippen LogP contribution in [0.3, 0.4) is 0 Å². The van der Waals surface area contributed by atoms with Gasteiger partial charge >= 0.3 is 0 Å². The molecule has 0 unspecified atom stereocenters. The van der Waals surface area contributed by atoms with Gasteiger partial charge in [-0.1, -0.05) is 19.1 Å². The summed E-state index contributed by atoms with van der Waals surface area (Å²) >= 11 is 1.54. The molecule has 0 atom stereocenters. The van der Waals surface area contributed by atoms with E-state index in [0.29, 0.717) is 6.54 Å². The number of ether oxygens (including phenoxy) is 1. The van der Waals surface area contributed by atoms with Crippen molar-refractivity contribution >= 4 is 27.3 Å². The van der Waals surface area contributed by atoms with Crippen molar-refractivity contribution in [2.24, 2.45) is 0 Å². The Kier molecular flexibility index (Phi) is 6.57. The molecule has 1 amide bonds. The van der Waals surface area contributed by atoms with E-state index in [1.807, 2.05) is 24.4 Å². The summed E-state index contributed by atoms with van der Waals surface area (Å²) in [4.78, 5) is 13.2. The summed E-state index contributed by atoms with van der Waals surface area (Å²) in [5, 5.41) is 4.67. The first-order chi connectivity index (χ1) is 11.9. The Labute approximate surface area is 152 Å². The van der Waals surface area contributed by atoms with Gasteiger partial charge < -0.3 is 10.1 Å². The van der Waals surface area contributed by atoms with Gasteiger partial charge in [0.2, 0.25) is 15.9 Å². The fraction of sp³-hybridized carbons (Fsp3) is 0.353. The standard InChI is InChI=1S/C17H22N2O4S2/c1-4-19(12-17(20)18-11-14-6-5-9-24-14)25(21,22)16-10-13(2)7-8-15(16)23-3/h5-10H,4,11-12H2,1-3H3,(H,18,20). The maximum absolute atomic E-state index is 12.9. The van der Waals surface area contributed by atoms with Gasteiger partial charge in [0.25, 0.3) is 0 Å². The van der Waals surface area contributed by atoms with Crippen LogP contribution in [0.4, 0.5) is 0 Å². The first kappa shape index (κ1) is 19.4. The van der Waals surface area contributed by atoms with Gasteiger partial charge in [-0.25, -0.2) is 8.42 Å². The normalized spacial score (nSPS) is 11.5. The van der Waals surface area contributed by atoms with E-state index in [1.165, 1.54) is 18.4 Å². The molecule has 0 aliphatic heterocycles. The molecule has 0 spiro atoms. The van der Waals surface area contributed by atoms with Crippen molar-refractivity contribution in [3.05, 3.63) is 46.2 Å². The molecule has 0 saturated heterocycles. The van der Waals surface area contributed by atoms with Gasteiger partial charge in [0.05, 0.1) is 20.2 Å². The highest BCUT2D eigenvalue weighted by Crippen LogP contribution is 2.27. The van der Waals surface area contributed by atoms with Crippen LogP contribution < -0.4 is 10.1 Å². The number of aryl methyl sites for hydroxylation is 1. The highest BCUT2D eigenvalue weighted by atomic mass is 32.2. The summed E-state index contributed by atoms with van der Waals surface area (Å²) in [6.07, 6.45) is 0. The SMILES string of the molecule is CCN(CC(=O)NCc1cccs1)S(=O)(=O)c1cc(C)ccc1OC. The molecule has 0 fully saturated rings. The zero-order chi connectivity index (χ0) is 18.4. The predicted octanol–water partition coefficient (Wildman–Crippen LogP) is 2.39. The second-order valence-electron chi connectivity index (χ2n) is 5.44. The number of methoxy groups -OCH3 is 1. The molecule has 1 N–H and O–H groups in total. The van der Waals surface area contributed by atoms with E-state index in [-0.39, 0.29) is 29.6 Å². The van der Waals surface area contributed by atoms with Crippen molar-refractivity contribution in [1.29, 1.82) is 0 Å². The Morgan fingerprint density at radius 1 is 1.32 bits per heavy atom. The fourth-order valence-corrected chi connectivity index (χ4v) is 4.60. The largest absolute Gasteiger partial charge is 0.495 e.